The van der Waals surface area contributed by atoms with E-state index in [-0.39, 0.29) is 11.3 Å². The summed E-state index contributed by atoms with van der Waals surface area (Å²) >= 11 is 0. The van der Waals surface area contributed by atoms with Gasteiger partial charge in [-0.1, -0.05) is 11.3 Å². The standard InChI is InChI=1S/C28H31F3N8O/c1-18-6-8-21(15-26(18)39-17-25(35-36-39)22-16-33-37(3)19(22)2)34-27(40)20-7-9-24(23(14-20)28(29,30)31)32-10-13-38-11-4-5-12-38/h6-9,14-17,32H,4-5,10-13H2,1-3H3,(H,34,40). The van der Waals surface area contributed by atoms with Crippen LogP contribution < -0.4 is 10.6 Å². The maximum Gasteiger partial charge on any atom is 0.418 e. The summed E-state index contributed by atoms with van der Waals surface area (Å²) in [5, 5.41) is 18.3. The van der Waals surface area contributed by atoms with E-state index < -0.39 is 17.6 Å². The van der Waals surface area contributed by atoms with Gasteiger partial charge >= 0.3 is 6.18 Å². The van der Waals surface area contributed by atoms with Crippen LogP contribution in [-0.4, -0.2) is 61.8 Å². The molecule has 0 bridgehead atoms. The highest BCUT2D eigenvalue weighted by molar-refractivity contribution is 6.04. The first kappa shape index (κ1) is 27.4. The van der Waals surface area contributed by atoms with Gasteiger partial charge < -0.3 is 15.5 Å². The van der Waals surface area contributed by atoms with Crippen molar-refractivity contribution in [2.45, 2.75) is 32.9 Å². The summed E-state index contributed by atoms with van der Waals surface area (Å²) in [7, 11) is 1.84. The number of aromatic nitrogens is 5. The molecule has 1 aliphatic heterocycles. The van der Waals surface area contributed by atoms with Crippen LogP contribution in [0.25, 0.3) is 16.9 Å². The summed E-state index contributed by atoms with van der Waals surface area (Å²) in [6.07, 6.45) is 1.11. The molecule has 0 aliphatic carbocycles. The molecule has 0 spiro atoms. The second-order valence-corrected chi connectivity index (χ2v) is 10.0. The van der Waals surface area contributed by atoms with Gasteiger partial charge in [0.1, 0.15) is 5.69 Å². The Hall–Kier alpha value is -4.19. The summed E-state index contributed by atoms with van der Waals surface area (Å²) < 4.78 is 45.0. The summed E-state index contributed by atoms with van der Waals surface area (Å²) in [5.74, 6) is -0.644. The monoisotopic (exact) mass is 552 g/mol. The molecule has 40 heavy (non-hydrogen) atoms. The van der Waals surface area contributed by atoms with E-state index in [0.717, 1.165) is 48.8 Å². The summed E-state index contributed by atoms with van der Waals surface area (Å²) in [5.41, 5.74) is 3.41. The smallest absolute Gasteiger partial charge is 0.383 e. The fourth-order valence-corrected chi connectivity index (χ4v) is 4.82. The molecule has 0 radical (unpaired) electrons. The van der Waals surface area contributed by atoms with Crippen LogP contribution in [0.15, 0.2) is 48.8 Å². The van der Waals surface area contributed by atoms with Gasteiger partial charge in [0.05, 0.1) is 23.6 Å². The van der Waals surface area contributed by atoms with Crippen LogP contribution in [0.4, 0.5) is 24.5 Å². The molecule has 0 unspecified atom stereocenters. The summed E-state index contributed by atoms with van der Waals surface area (Å²) in [6.45, 7) is 6.83. The van der Waals surface area contributed by atoms with E-state index in [9.17, 15) is 18.0 Å². The predicted molar refractivity (Wildman–Crippen MR) is 147 cm³/mol. The van der Waals surface area contributed by atoms with Crippen molar-refractivity contribution in [3.05, 3.63) is 71.2 Å². The molecule has 0 saturated carbocycles. The Bertz CT molecular complexity index is 1520. The van der Waals surface area contributed by atoms with Crippen LogP contribution >= 0.6 is 0 Å². The molecule has 1 aliphatic rings. The predicted octanol–water partition coefficient (Wildman–Crippen LogP) is 5.06. The third-order valence-corrected chi connectivity index (χ3v) is 7.25. The molecule has 1 saturated heterocycles. The molecule has 1 fully saturated rings. The lowest BCUT2D eigenvalue weighted by Crippen LogP contribution is -2.26. The van der Waals surface area contributed by atoms with Gasteiger partial charge in [-0.25, -0.2) is 4.68 Å². The first-order valence-electron chi connectivity index (χ1n) is 13.1. The normalized spacial score (nSPS) is 14.1. The lowest BCUT2D eigenvalue weighted by Gasteiger charge is -2.19. The zero-order chi connectivity index (χ0) is 28.4. The molecular weight excluding hydrogens is 521 g/mol. The van der Waals surface area contributed by atoms with Gasteiger partial charge in [0.2, 0.25) is 0 Å². The van der Waals surface area contributed by atoms with Gasteiger partial charge in [-0.2, -0.15) is 18.3 Å². The molecule has 1 amide bonds. The minimum atomic E-state index is -4.61. The van der Waals surface area contributed by atoms with Gasteiger partial charge in [0, 0.05) is 48.3 Å². The molecule has 12 heteroatoms. The zero-order valence-corrected chi connectivity index (χ0v) is 22.6. The van der Waals surface area contributed by atoms with Crippen molar-refractivity contribution < 1.29 is 18.0 Å². The number of likely N-dealkylation sites (tertiary alicyclic amines) is 1. The molecule has 2 aromatic carbocycles. The second-order valence-electron chi connectivity index (χ2n) is 10.0. The van der Waals surface area contributed by atoms with Crippen LogP contribution in [-0.2, 0) is 13.2 Å². The molecule has 3 heterocycles. The number of carbonyl (C=O) groups is 1. The average Bonchev–Trinajstić information content (AvgIpc) is 3.68. The third-order valence-electron chi connectivity index (χ3n) is 7.25. The number of anilines is 2. The van der Waals surface area contributed by atoms with Crippen molar-refractivity contribution in [3.8, 4) is 16.9 Å². The highest BCUT2D eigenvalue weighted by Gasteiger charge is 2.34. The maximum absolute atomic E-state index is 13.9. The highest BCUT2D eigenvalue weighted by atomic mass is 19.4. The number of hydrogen-bond donors (Lipinski definition) is 2. The van der Waals surface area contributed by atoms with Crippen molar-refractivity contribution >= 4 is 17.3 Å². The highest BCUT2D eigenvalue weighted by Crippen LogP contribution is 2.36. The number of benzene rings is 2. The van der Waals surface area contributed by atoms with Gasteiger partial charge in [0.25, 0.3) is 5.91 Å². The second kappa shape index (κ2) is 11.1. The van der Waals surface area contributed by atoms with E-state index in [1.165, 1.54) is 12.1 Å². The quantitative estimate of drug-likeness (QED) is 0.317. The first-order chi connectivity index (χ1) is 19.1. The number of rotatable bonds is 8. The van der Waals surface area contributed by atoms with Crippen LogP contribution in [0, 0.1) is 13.8 Å². The Morgan fingerprint density at radius 2 is 1.85 bits per heavy atom. The average molecular weight is 553 g/mol. The Morgan fingerprint density at radius 1 is 1.07 bits per heavy atom. The largest absolute Gasteiger partial charge is 0.418 e. The number of nitrogens with one attached hydrogen (secondary N) is 2. The van der Waals surface area contributed by atoms with Crippen LogP contribution in [0.5, 0.6) is 0 Å². The SMILES string of the molecule is Cc1ccc(NC(=O)c2ccc(NCCN3CCCC3)c(C(F)(F)F)c2)cc1-n1cc(-c2cnn(C)c2C)nn1. The fraction of sp³-hybridized carbons (Fsp3) is 0.357. The van der Waals surface area contributed by atoms with Crippen molar-refractivity contribution in [1.29, 1.82) is 0 Å². The summed E-state index contributed by atoms with van der Waals surface area (Å²) in [6, 6.07) is 8.82. The number of halogens is 3. The molecule has 2 N–H and O–H groups in total. The van der Waals surface area contributed by atoms with Crippen molar-refractivity contribution in [2.24, 2.45) is 7.05 Å². The molecule has 210 valence electrons. The third kappa shape index (κ3) is 5.86. The lowest BCUT2D eigenvalue weighted by molar-refractivity contribution is -0.137. The van der Waals surface area contributed by atoms with E-state index in [0.29, 0.717) is 30.2 Å². The van der Waals surface area contributed by atoms with E-state index in [2.05, 4.69) is 30.9 Å². The Kier molecular flexibility index (Phi) is 7.61. The summed E-state index contributed by atoms with van der Waals surface area (Å²) in [4.78, 5) is 15.2. The topological polar surface area (TPSA) is 92.9 Å². The minimum Gasteiger partial charge on any atom is -0.383 e. The van der Waals surface area contributed by atoms with E-state index in [1.807, 2.05) is 20.9 Å². The number of alkyl halides is 3. The van der Waals surface area contributed by atoms with Gasteiger partial charge in [0.15, 0.2) is 0 Å². The van der Waals surface area contributed by atoms with Gasteiger partial charge in [-0.3, -0.25) is 9.48 Å². The molecule has 2 aromatic heterocycles. The number of aryl methyl sites for hydroxylation is 2. The number of nitrogens with zero attached hydrogens (tertiary/aromatic N) is 6. The van der Waals surface area contributed by atoms with Crippen LogP contribution in [0.3, 0.4) is 0 Å². The number of carbonyl (C=O) groups excluding carboxylic acids is 1. The Morgan fingerprint density at radius 3 is 2.55 bits per heavy atom. The zero-order valence-electron chi connectivity index (χ0n) is 22.6. The van der Waals surface area contributed by atoms with Crippen molar-refractivity contribution in [2.75, 3.05) is 36.8 Å². The molecule has 0 atom stereocenters. The molecule has 9 nitrogen and oxygen atoms in total. The number of amides is 1. The minimum absolute atomic E-state index is 0.0355. The lowest BCUT2D eigenvalue weighted by atomic mass is 10.1. The molecular formula is C28H31F3N8O. The first-order valence-corrected chi connectivity index (χ1v) is 13.1. The van der Waals surface area contributed by atoms with E-state index in [1.54, 1.807) is 40.0 Å². The van der Waals surface area contributed by atoms with Crippen LogP contribution in [0.1, 0.15) is 40.0 Å². The fourth-order valence-electron chi connectivity index (χ4n) is 4.82. The van der Waals surface area contributed by atoms with Gasteiger partial charge in [-0.05, 0) is 75.7 Å². The van der Waals surface area contributed by atoms with Crippen LogP contribution in [0.2, 0.25) is 0 Å². The van der Waals surface area contributed by atoms with Crippen molar-refractivity contribution in [1.82, 2.24) is 29.7 Å². The molecule has 4 aromatic rings. The Balaban J connectivity index is 1.33. The van der Waals surface area contributed by atoms with E-state index in [4.69, 9.17) is 0 Å². The van der Waals surface area contributed by atoms with Crippen molar-refractivity contribution in [3.63, 3.8) is 0 Å². The van der Waals surface area contributed by atoms with Gasteiger partial charge in [-0.15, -0.1) is 5.10 Å². The van der Waals surface area contributed by atoms with E-state index >= 15 is 0 Å². The molecule has 5 rings (SSSR count). The number of hydrogen-bond acceptors (Lipinski definition) is 6. The Labute approximate surface area is 230 Å². The maximum atomic E-state index is 13.9.